The number of ether oxygens (including phenoxy) is 3. The highest BCUT2D eigenvalue weighted by Gasteiger charge is 2.00. The molecule has 0 rings (SSSR count). The zero-order valence-electron chi connectivity index (χ0n) is 14.0. The fraction of sp³-hybridized carbons (Fsp3) is 0.625. The third-order valence-electron chi connectivity index (χ3n) is 2.27. The SMILES string of the molecule is C=C(C)C(=O)OCCOCC.CCOCCC=C(C)C(=O)O. The minimum Gasteiger partial charge on any atom is -0.478 e. The molecule has 0 radical (unpaired) electrons. The summed E-state index contributed by atoms with van der Waals surface area (Å²) in [5, 5.41) is 8.43. The number of carbonyl (C=O) groups is 2. The van der Waals surface area contributed by atoms with Crippen molar-refractivity contribution in [2.24, 2.45) is 0 Å². The molecular formula is C16H28O6. The second kappa shape index (κ2) is 15.7. The molecule has 0 aromatic rings. The largest absolute Gasteiger partial charge is 0.478 e. The highest BCUT2D eigenvalue weighted by Crippen LogP contribution is 1.95. The van der Waals surface area contributed by atoms with Crippen molar-refractivity contribution in [3.63, 3.8) is 0 Å². The summed E-state index contributed by atoms with van der Waals surface area (Å²) in [5.41, 5.74) is 0.797. The van der Waals surface area contributed by atoms with Gasteiger partial charge in [0.2, 0.25) is 0 Å². The third kappa shape index (κ3) is 16.4. The molecule has 0 aliphatic carbocycles. The van der Waals surface area contributed by atoms with Gasteiger partial charge in [0.15, 0.2) is 0 Å². The van der Waals surface area contributed by atoms with Crippen molar-refractivity contribution in [3.8, 4) is 0 Å². The zero-order chi connectivity index (χ0) is 17.4. The van der Waals surface area contributed by atoms with E-state index in [0.717, 1.165) is 0 Å². The van der Waals surface area contributed by atoms with Gasteiger partial charge >= 0.3 is 11.9 Å². The van der Waals surface area contributed by atoms with Gasteiger partial charge in [0, 0.05) is 24.4 Å². The van der Waals surface area contributed by atoms with Gasteiger partial charge in [-0.1, -0.05) is 12.7 Å². The van der Waals surface area contributed by atoms with E-state index in [4.69, 9.17) is 19.3 Å². The molecule has 0 aliphatic heterocycles. The molecule has 0 bridgehead atoms. The standard InChI is InChI=1S/2C8H14O3/c1-4-10-5-6-11-8(9)7(2)3;1-3-11-6-4-5-7(2)8(9)10/h2,4-6H2,1,3H3;5H,3-4,6H2,1-2H3,(H,9,10). The van der Waals surface area contributed by atoms with Gasteiger partial charge in [0.1, 0.15) is 6.61 Å². The Balaban J connectivity index is 0. The van der Waals surface area contributed by atoms with Crippen molar-refractivity contribution in [1.29, 1.82) is 0 Å². The minimum absolute atomic E-state index is 0.305. The van der Waals surface area contributed by atoms with Crippen LogP contribution in [0.5, 0.6) is 0 Å². The number of rotatable bonds is 10. The van der Waals surface area contributed by atoms with Gasteiger partial charge in [-0.2, -0.15) is 0 Å². The highest BCUT2D eigenvalue weighted by molar-refractivity contribution is 5.86. The number of esters is 1. The summed E-state index contributed by atoms with van der Waals surface area (Å²) in [6.45, 7) is 13.1. The van der Waals surface area contributed by atoms with Crippen LogP contribution in [0, 0.1) is 0 Å². The van der Waals surface area contributed by atoms with Crippen LogP contribution < -0.4 is 0 Å². The fourth-order valence-electron chi connectivity index (χ4n) is 1.05. The Hall–Kier alpha value is -1.66. The zero-order valence-corrected chi connectivity index (χ0v) is 14.0. The molecule has 0 aliphatic rings. The monoisotopic (exact) mass is 316 g/mol. The quantitative estimate of drug-likeness (QED) is 0.379. The summed E-state index contributed by atoms with van der Waals surface area (Å²) in [5.74, 6) is -1.22. The number of aliphatic carboxylic acids is 1. The van der Waals surface area contributed by atoms with Crippen molar-refractivity contribution < 1.29 is 28.9 Å². The van der Waals surface area contributed by atoms with Crippen LogP contribution in [0.3, 0.4) is 0 Å². The van der Waals surface area contributed by atoms with E-state index in [0.29, 0.717) is 50.6 Å². The highest BCUT2D eigenvalue weighted by atomic mass is 16.6. The lowest BCUT2D eigenvalue weighted by Crippen LogP contribution is -2.10. The van der Waals surface area contributed by atoms with Gasteiger partial charge in [-0.25, -0.2) is 9.59 Å². The fourth-order valence-corrected chi connectivity index (χ4v) is 1.05. The van der Waals surface area contributed by atoms with E-state index >= 15 is 0 Å². The molecule has 6 heteroatoms. The second-order valence-electron chi connectivity index (χ2n) is 4.29. The summed E-state index contributed by atoms with van der Waals surface area (Å²) >= 11 is 0. The van der Waals surface area contributed by atoms with E-state index in [9.17, 15) is 9.59 Å². The number of hydrogen-bond donors (Lipinski definition) is 1. The lowest BCUT2D eigenvalue weighted by atomic mass is 10.2. The maximum absolute atomic E-state index is 10.7. The van der Waals surface area contributed by atoms with Crippen LogP contribution in [0.1, 0.15) is 34.1 Å². The van der Waals surface area contributed by atoms with Crippen molar-refractivity contribution >= 4 is 11.9 Å². The topological polar surface area (TPSA) is 82.1 Å². The molecule has 0 saturated heterocycles. The molecule has 0 aromatic carbocycles. The van der Waals surface area contributed by atoms with Crippen LogP contribution in [-0.2, 0) is 23.8 Å². The van der Waals surface area contributed by atoms with E-state index in [1.807, 2.05) is 13.8 Å². The molecule has 6 nitrogen and oxygen atoms in total. The van der Waals surface area contributed by atoms with Crippen LogP contribution in [0.25, 0.3) is 0 Å². The molecule has 128 valence electrons. The maximum atomic E-state index is 10.7. The molecule has 0 spiro atoms. The molecule has 22 heavy (non-hydrogen) atoms. The van der Waals surface area contributed by atoms with Crippen LogP contribution in [-0.4, -0.2) is 50.1 Å². The van der Waals surface area contributed by atoms with Gasteiger partial charge in [0.25, 0.3) is 0 Å². The normalized spacial score (nSPS) is 10.5. The van der Waals surface area contributed by atoms with Crippen LogP contribution in [0.15, 0.2) is 23.8 Å². The first-order valence-electron chi connectivity index (χ1n) is 7.24. The van der Waals surface area contributed by atoms with Crippen molar-refractivity contribution in [2.75, 3.05) is 33.0 Å². The predicted molar refractivity (Wildman–Crippen MR) is 84.8 cm³/mol. The lowest BCUT2D eigenvalue weighted by Gasteiger charge is -2.03. The maximum Gasteiger partial charge on any atom is 0.333 e. The summed E-state index contributed by atoms with van der Waals surface area (Å²) in [7, 11) is 0. The second-order valence-corrected chi connectivity index (χ2v) is 4.29. The molecule has 1 N–H and O–H groups in total. The van der Waals surface area contributed by atoms with E-state index < -0.39 is 5.97 Å². The summed E-state index contributed by atoms with van der Waals surface area (Å²) in [6, 6.07) is 0. The summed E-state index contributed by atoms with van der Waals surface area (Å²) in [6.07, 6.45) is 2.34. The Bertz CT molecular complexity index is 360. The molecule has 0 unspecified atom stereocenters. The molecule has 0 fully saturated rings. The first-order valence-corrected chi connectivity index (χ1v) is 7.24. The number of carboxylic acids is 1. The van der Waals surface area contributed by atoms with Crippen LogP contribution >= 0.6 is 0 Å². The molecule has 0 atom stereocenters. The molecule has 0 heterocycles. The Morgan fingerprint density at radius 2 is 1.59 bits per heavy atom. The molecular weight excluding hydrogens is 288 g/mol. The van der Waals surface area contributed by atoms with E-state index in [1.54, 1.807) is 19.9 Å². The van der Waals surface area contributed by atoms with E-state index in [1.165, 1.54) is 0 Å². The van der Waals surface area contributed by atoms with Gasteiger partial charge in [-0.15, -0.1) is 0 Å². The Morgan fingerprint density at radius 1 is 1.05 bits per heavy atom. The van der Waals surface area contributed by atoms with Gasteiger partial charge in [0.05, 0.1) is 13.2 Å². The van der Waals surface area contributed by atoms with Crippen molar-refractivity contribution in [2.45, 2.75) is 34.1 Å². The number of hydrogen-bond acceptors (Lipinski definition) is 5. The average Bonchev–Trinajstić information content (AvgIpc) is 2.48. The predicted octanol–water partition coefficient (Wildman–Crippen LogP) is 2.59. The number of carbonyl (C=O) groups excluding carboxylic acids is 1. The first kappa shape index (κ1) is 22.6. The van der Waals surface area contributed by atoms with Gasteiger partial charge < -0.3 is 19.3 Å². The van der Waals surface area contributed by atoms with Gasteiger partial charge in [-0.3, -0.25) is 0 Å². The Labute approximate surface area is 132 Å². The van der Waals surface area contributed by atoms with Crippen LogP contribution in [0.2, 0.25) is 0 Å². The Kier molecular flexibility index (Phi) is 16.2. The Morgan fingerprint density at radius 3 is 2.05 bits per heavy atom. The smallest absolute Gasteiger partial charge is 0.333 e. The lowest BCUT2D eigenvalue weighted by molar-refractivity contribution is -0.140. The van der Waals surface area contributed by atoms with Crippen molar-refractivity contribution in [3.05, 3.63) is 23.8 Å². The molecule has 0 aromatic heterocycles. The average molecular weight is 316 g/mol. The van der Waals surface area contributed by atoms with Crippen LogP contribution in [0.4, 0.5) is 0 Å². The molecule has 0 amide bonds. The summed E-state index contributed by atoms with van der Waals surface area (Å²) in [4.78, 5) is 21.0. The van der Waals surface area contributed by atoms with E-state index in [-0.39, 0.29) is 5.97 Å². The first-order chi connectivity index (χ1) is 10.4. The molecule has 0 saturated carbocycles. The minimum atomic E-state index is -0.860. The third-order valence-corrected chi connectivity index (χ3v) is 2.27. The van der Waals surface area contributed by atoms with Crippen molar-refractivity contribution in [1.82, 2.24) is 0 Å². The van der Waals surface area contributed by atoms with E-state index in [2.05, 4.69) is 6.58 Å². The number of carboxylic acid groups (broad SMARTS) is 1. The van der Waals surface area contributed by atoms with Gasteiger partial charge in [-0.05, 0) is 34.1 Å². The summed E-state index contributed by atoms with van der Waals surface area (Å²) < 4.78 is 14.7.